The van der Waals surface area contributed by atoms with E-state index in [1.165, 1.54) is 31.9 Å². The van der Waals surface area contributed by atoms with Crippen molar-refractivity contribution >= 4 is 23.8 Å². The highest BCUT2D eigenvalue weighted by molar-refractivity contribution is 6.05. The molecule has 0 bridgehead atoms. The van der Waals surface area contributed by atoms with Crippen LogP contribution in [0, 0.1) is 11.6 Å². The van der Waals surface area contributed by atoms with Gasteiger partial charge in [0.2, 0.25) is 6.34 Å². The van der Waals surface area contributed by atoms with Crippen LogP contribution in [0.1, 0.15) is 5.56 Å². The van der Waals surface area contributed by atoms with Crippen LogP contribution in [0.15, 0.2) is 41.7 Å². The van der Waals surface area contributed by atoms with Crippen LogP contribution >= 0.6 is 0 Å². The predicted octanol–water partition coefficient (Wildman–Crippen LogP) is 3.31. The number of fused-ring (bicyclic) bond motifs is 1. The molecule has 1 amide bonds. The first kappa shape index (κ1) is 14.3. The highest BCUT2D eigenvalue weighted by Gasteiger charge is 2.46. The van der Waals surface area contributed by atoms with E-state index in [1.807, 2.05) is 0 Å². The monoisotopic (exact) mass is 304 g/mol. The molecule has 0 saturated carbocycles. The number of carbonyl (C=O) groups excluding carboxylic acids is 1. The molecule has 1 aliphatic rings. The van der Waals surface area contributed by atoms with E-state index in [4.69, 9.17) is 4.74 Å². The first-order valence-corrected chi connectivity index (χ1v) is 6.47. The lowest BCUT2D eigenvalue weighted by molar-refractivity contribution is 0.146. The van der Waals surface area contributed by atoms with Gasteiger partial charge in [-0.1, -0.05) is 0 Å². The summed E-state index contributed by atoms with van der Waals surface area (Å²) in [6, 6.07) is 4.86. The van der Waals surface area contributed by atoms with Crippen LogP contribution in [0.25, 0.3) is 0 Å². The summed E-state index contributed by atoms with van der Waals surface area (Å²) in [6.45, 7) is -0.0701. The van der Waals surface area contributed by atoms with Crippen molar-refractivity contribution in [3.63, 3.8) is 0 Å². The van der Waals surface area contributed by atoms with Crippen LogP contribution in [-0.4, -0.2) is 24.5 Å². The molecule has 0 saturated heterocycles. The van der Waals surface area contributed by atoms with E-state index >= 15 is 0 Å². The average Bonchev–Trinajstić information content (AvgIpc) is 2.89. The molecule has 0 spiro atoms. The lowest BCUT2D eigenvalue weighted by Crippen LogP contribution is -2.51. The largest absolute Gasteiger partial charge is 0.527 e. The number of carbonyl (C=O) groups is 1. The van der Waals surface area contributed by atoms with E-state index < -0.39 is 22.2 Å². The van der Waals surface area contributed by atoms with Gasteiger partial charge in [0.15, 0.2) is 5.69 Å². The Morgan fingerprint density at radius 3 is 2.86 bits per heavy atom. The second-order valence-corrected chi connectivity index (χ2v) is 4.84. The molecule has 2 aromatic rings. The number of ether oxygens (including phenoxy) is 1. The third-order valence-corrected chi connectivity index (χ3v) is 3.54. The Morgan fingerprint density at radius 1 is 1.32 bits per heavy atom. The van der Waals surface area contributed by atoms with Crippen molar-refractivity contribution in [2.24, 2.45) is 4.99 Å². The Morgan fingerprint density at radius 2 is 2.14 bits per heavy atom. The highest BCUT2D eigenvalue weighted by Crippen LogP contribution is 2.39. The lowest BCUT2D eigenvalue weighted by atomic mass is 10.1. The molecule has 0 fully saturated rings. The molecule has 1 aromatic carbocycles. The molecule has 3 rings (SSSR count). The number of quaternary nitrogens is 1. The average molecular weight is 304 g/mol. The van der Waals surface area contributed by atoms with Crippen LogP contribution in [0.4, 0.5) is 25.0 Å². The molecule has 2 heterocycles. The van der Waals surface area contributed by atoms with Gasteiger partial charge < -0.3 is 4.74 Å². The minimum Gasteiger partial charge on any atom is -0.423 e. The number of methoxy groups -OCH3 is 1. The summed E-state index contributed by atoms with van der Waals surface area (Å²) >= 11 is 0. The van der Waals surface area contributed by atoms with E-state index in [1.54, 1.807) is 6.07 Å². The summed E-state index contributed by atoms with van der Waals surface area (Å²) in [6.07, 6.45) is 3.79. The molecule has 5 nitrogen and oxygen atoms in total. The van der Waals surface area contributed by atoms with Crippen LogP contribution in [-0.2, 0) is 11.3 Å². The van der Waals surface area contributed by atoms with Crippen LogP contribution < -0.4 is 4.48 Å². The number of nitrogens with zero attached hydrogens (tertiary/aromatic N) is 3. The number of aromatic nitrogens is 1. The smallest absolute Gasteiger partial charge is 0.423 e. The molecule has 112 valence electrons. The molecule has 1 aromatic heterocycles. The van der Waals surface area contributed by atoms with Gasteiger partial charge in [-0.05, 0) is 12.1 Å². The van der Waals surface area contributed by atoms with Crippen LogP contribution in [0.2, 0.25) is 0 Å². The standard InChI is InChI=1S/C15H12F2N3O2/c1-22-15(21)20(8-10-2-3-11(16)6-12(10)17)9-19-13-7-18-5-4-14(13)20/h2-7,9H,8H2,1H3/q+1. The second kappa shape index (κ2) is 5.27. The van der Waals surface area contributed by atoms with E-state index in [2.05, 4.69) is 9.98 Å². The zero-order chi connectivity index (χ0) is 15.7. The van der Waals surface area contributed by atoms with E-state index in [9.17, 15) is 13.6 Å². The minimum atomic E-state index is -0.725. The molecule has 0 N–H and O–H groups in total. The van der Waals surface area contributed by atoms with Gasteiger partial charge in [-0.3, -0.25) is 4.98 Å². The number of aliphatic imine (C=N–C) groups is 1. The molecule has 0 radical (unpaired) electrons. The number of hydrogen-bond donors (Lipinski definition) is 0. The summed E-state index contributed by atoms with van der Waals surface area (Å²) in [4.78, 5) is 20.4. The Hall–Kier alpha value is -2.67. The van der Waals surface area contributed by atoms with Crippen molar-refractivity contribution in [2.75, 3.05) is 7.11 Å². The summed E-state index contributed by atoms with van der Waals surface area (Å²) in [7, 11) is 1.25. The lowest BCUT2D eigenvalue weighted by Gasteiger charge is -2.25. The number of benzene rings is 1. The fourth-order valence-electron chi connectivity index (χ4n) is 2.46. The zero-order valence-electron chi connectivity index (χ0n) is 11.7. The molecular weight excluding hydrogens is 292 g/mol. The molecule has 22 heavy (non-hydrogen) atoms. The maximum atomic E-state index is 14.0. The second-order valence-electron chi connectivity index (χ2n) is 4.84. The van der Waals surface area contributed by atoms with E-state index in [-0.39, 0.29) is 12.1 Å². The van der Waals surface area contributed by atoms with E-state index in [0.717, 1.165) is 12.1 Å². The number of halogens is 2. The van der Waals surface area contributed by atoms with E-state index in [0.29, 0.717) is 11.4 Å². The number of pyridine rings is 1. The van der Waals surface area contributed by atoms with Crippen molar-refractivity contribution in [3.05, 3.63) is 53.9 Å². The van der Waals surface area contributed by atoms with Gasteiger partial charge in [0.05, 0.1) is 13.3 Å². The normalized spacial score (nSPS) is 19.0. The van der Waals surface area contributed by atoms with Gasteiger partial charge in [-0.2, -0.15) is 9.79 Å². The summed E-state index contributed by atoms with van der Waals surface area (Å²) in [5.74, 6) is -1.40. The predicted molar refractivity (Wildman–Crippen MR) is 76.7 cm³/mol. The molecule has 1 aliphatic heterocycles. The molecule has 1 unspecified atom stereocenters. The first-order chi connectivity index (χ1) is 10.6. The molecule has 0 aliphatic carbocycles. The molecule has 7 heteroatoms. The summed E-state index contributed by atoms with van der Waals surface area (Å²) in [5, 5.41) is 0. The Kier molecular flexibility index (Phi) is 3.42. The van der Waals surface area contributed by atoms with Crippen LogP contribution in [0.5, 0.6) is 0 Å². The van der Waals surface area contributed by atoms with Gasteiger partial charge in [-0.25, -0.2) is 8.78 Å². The Bertz CT molecular complexity index is 779. The zero-order valence-corrected chi connectivity index (χ0v) is 11.7. The van der Waals surface area contributed by atoms with Gasteiger partial charge in [0.25, 0.3) is 0 Å². The fraction of sp³-hybridized carbons (Fsp3) is 0.133. The molecular formula is C15H12F2N3O2+. The first-order valence-electron chi connectivity index (χ1n) is 6.47. The highest BCUT2D eigenvalue weighted by atomic mass is 19.1. The fourth-order valence-corrected chi connectivity index (χ4v) is 2.46. The van der Waals surface area contributed by atoms with Gasteiger partial charge in [0, 0.05) is 23.9 Å². The summed E-state index contributed by atoms with van der Waals surface area (Å²) < 4.78 is 31.4. The van der Waals surface area contributed by atoms with Gasteiger partial charge in [0.1, 0.15) is 23.9 Å². The van der Waals surface area contributed by atoms with Crippen molar-refractivity contribution in [3.8, 4) is 0 Å². The Labute approximate surface area is 125 Å². The third-order valence-electron chi connectivity index (χ3n) is 3.54. The number of amides is 1. The van der Waals surface area contributed by atoms with Crippen LogP contribution in [0.3, 0.4) is 0 Å². The van der Waals surface area contributed by atoms with Crippen molar-refractivity contribution in [1.82, 2.24) is 9.47 Å². The quantitative estimate of drug-likeness (QED) is 0.800. The Balaban J connectivity index is 2.10. The van der Waals surface area contributed by atoms with Crippen molar-refractivity contribution < 1.29 is 18.3 Å². The van der Waals surface area contributed by atoms with Crippen molar-refractivity contribution in [1.29, 1.82) is 0 Å². The molecule has 1 atom stereocenters. The number of rotatable bonds is 2. The number of hydrogen-bond acceptors (Lipinski definition) is 4. The topological polar surface area (TPSA) is 51.5 Å². The van der Waals surface area contributed by atoms with Gasteiger partial charge in [-0.15, -0.1) is 4.48 Å². The van der Waals surface area contributed by atoms with Crippen molar-refractivity contribution in [2.45, 2.75) is 6.54 Å². The maximum Gasteiger partial charge on any atom is 0.527 e. The van der Waals surface area contributed by atoms with Gasteiger partial charge >= 0.3 is 6.09 Å². The SMILES string of the molecule is COC(=O)[N+]1(Cc2ccc(F)cc2F)C=Nc2cnccc21. The summed E-state index contributed by atoms with van der Waals surface area (Å²) in [5.41, 5.74) is 1.23. The minimum absolute atomic E-state index is 0.0701. The maximum absolute atomic E-state index is 14.0. The third kappa shape index (κ3) is 2.15.